The molecule has 7 heteroatoms. The number of Topliss-reactive ketones (excluding diaryl/α,β-unsaturated/α-hetero) is 1. The van der Waals surface area contributed by atoms with E-state index >= 15 is 0 Å². The van der Waals surface area contributed by atoms with E-state index in [-0.39, 0.29) is 23.7 Å². The number of carbonyl (C=O) groups is 3. The van der Waals surface area contributed by atoms with Gasteiger partial charge in [-0.1, -0.05) is 55.7 Å². The van der Waals surface area contributed by atoms with E-state index in [1.54, 1.807) is 18.2 Å². The second-order valence-corrected chi connectivity index (χ2v) is 12.3. The van der Waals surface area contributed by atoms with E-state index in [9.17, 15) is 19.5 Å². The first-order valence-electron chi connectivity index (χ1n) is 15.5. The summed E-state index contributed by atoms with van der Waals surface area (Å²) in [5.41, 5.74) is 4.82. The van der Waals surface area contributed by atoms with Crippen LogP contribution in [0.4, 0.5) is 0 Å². The summed E-state index contributed by atoms with van der Waals surface area (Å²) >= 11 is 0. The summed E-state index contributed by atoms with van der Waals surface area (Å²) in [6, 6.07) is 20.8. The molecule has 0 saturated heterocycles. The van der Waals surface area contributed by atoms with E-state index in [0.717, 1.165) is 36.1 Å². The van der Waals surface area contributed by atoms with Gasteiger partial charge in [0.05, 0.1) is 23.3 Å². The Balaban J connectivity index is 1.24. The fourth-order valence-corrected chi connectivity index (χ4v) is 7.40. The Bertz CT molecular complexity index is 1740. The average Bonchev–Trinajstić information content (AvgIpc) is 3.20. The third-order valence-corrected chi connectivity index (χ3v) is 9.79. The number of nitrogens with one attached hydrogen (secondary N) is 1. The molecule has 1 amide bonds. The van der Waals surface area contributed by atoms with Crippen molar-refractivity contribution in [3.05, 3.63) is 89.0 Å². The predicted octanol–water partition coefficient (Wildman–Crippen LogP) is 6.91. The highest BCUT2D eigenvalue weighted by atomic mass is 16.5. The van der Waals surface area contributed by atoms with Gasteiger partial charge < -0.3 is 19.7 Å². The van der Waals surface area contributed by atoms with Crippen molar-refractivity contribution in [3.63, 3.8) is 0 Å². The van der Waals surface area contributed by atoms with Crippen LogP contribution in [0.3, 0.4) is 0 Å². The third kappa shape index (κ3) is 4.81. The maximum absolute atomic E-state index is 13.8. The summed E-state index contributed by atoms with van der Waals surface area (Å²) in [7, 11) is 0. The number of para-hydroxylation sites is 1. The smallest absolute Gasteiger partial charge is 0.335 e. The van der Waals surface area contributed by atoms with Gasteiger partial charge in [0.2, 0.25) is 0 Å². The van der Waals surface area contributed by atoms with Gasteiger partial charge in [-0.25, -0.2) is 4.79 Å². The van der Waals surface area contributed by atoms with Crippen LogP contribution in [0.5, 0.6) is 5.75 Å². The zero-order valence-electron chi connectivity index (χ0n) is 24.2. The Hall–Kier alpha value is -4.39. The number of nitrogens with zero attached hydrogens (tertiary/aromatic N) is 1. The highest BCUT2D eigenvalue weighted by molar-refractivity contribution is 6.04. The molecule has 43 heavy (non-hydrogen) atoms. The SMILES string of the molecule is O=C(NC1(C(=O)Cc2ccccc2C(=O)O)CCC1)c1ccc2c(C3CCCCC3)c3n(c2c1)CCOc1ccccc1-3. The van der Waals surface area contributed by atoms with Gasteiger partial charge in [-0.3, -0.25) is 9.59 Å². The molecule has 7 nitrogen and oxygen atoms in total. The lowest BCUT2D eigenvalue weighted by molar-refractivity contribution is -0.127. The average molecular weight is 577 g/mol. The number of fused-ring (bicyclic) bond motifs is 5. The van der Waals surface area contributed by atoms with Crippen molar-refractivity contribution < 1.29 is 24.2 Å². The molecule has 3 aliphatic rings. The number of ether oxygens (including phenoxy) is 1. The lowest BCUT2D eigenvalue weighted by atomic mass is 9.71. The van der Waals surface area contributed by atoms with E-state index in [2.05, 4.69) is 28.1 Å². The standard InChI is InChI=1S/C36H36N2O5/c39-31(22-24-11-4-5-12-26(24)35(41)42)36(17-8-18-36)37-34(40)25-15-16-27-29(21-25)38-19-20-43-30-14-7-6-13-28(30)33(38)32(27)23-9-2-1-3-10-23/h4-7,11-16,21,23H,1-3,8-10,17-20,22H2,(H,37,40)(H,41,42). The molecular weight excluding hydrogens is 540 g/mol. The van der Waals surface area contributed by atoms with E-state index in [1.165, 1.54) is 42.0 Å². The normalized spacial score (nSPS) is 17.6. The first kappa shape index (κ1) is 27.4. The summed E-state index contributed by atoms with van der Waals surface area (Å²) in [6.07, 6.45) is 7.95. The van der Waals surface area contributed by atoms with Crippen LogP contribution in [0.25, 0.3) is 22.2 Å². The Labute approximate surface area is 250 Å². The first-order valence-corrected chi connectivity index (χ1v) is 15.5. The van der Waals surface area contributed by atoms with Gasteiger partial charge in [-0.05, 0) is 79.5 Å². The van der Waals surface area contributed by atoms with Gasteiger partial charge in [0.15, 0.2) is 5.78 Å². The Kier molecular flexibility index (Phi) is 7.04. The van der Waals surface area contributed by atoms with Gasteiger partial charge >= 0.3 is 5.97 Å². The summed E-state index contributed by atoms with van der Waals surface area (Å²) < 4.78 is 8.50. The molecular formula is C36H36N2O5. The second kappa shape index (κ2) is 11.0. The third-order valence-electron chi connectivity index (χ3n) is 9.79. The van der Waals surface area contributed by atoms with Crippen molar-refractivity contribution in [1.29, 1.82) is 0 Å². The van der Waals surface area contributed by atoms with Gasteiger partial charge in [-0.15, -0.1) is 0 Å². The van der Waals surface area contributed by atoms with Crippen LogP contribution in [0.1, 0.15) is 89.1 Å². The zero-order valence-corrected chi connectivity index (χ0v) is 24.2. The lowest BCUT2D eigenvalue weighted by Crippen LogP contribution is -2.59. The van der Waals surface area contributed by atoms with Crippen molar-refractivity contribution >= 4 is 28.6 Å². The van der Waals surface area contributed by atoms with Crippen LogP contribution in [0, 0.1) is 0 Å². The van der Waals surface area contributed by atoms with Crippen molar-refractivity contribution in [2.75, 3.05) is 6.61 Å². The molecule has 3 aromatic carbocycles. The van der Waals surface area contributed by atoms with Crippen LogP contribution < -0.4 is 10.1 Å². The Morgan fingerprint density at radius 2 is 1.70 bits per heavy atom. The largest absolute Gasteiger partial charge is 0.491 e. The molecule has 1 aromatic heterocycles. The number of hydrogen-bond acceptors (Lipinski definition) is 4. The van der Waals surface area contributed by atoms with Crippen molar-refractivity contribution in [3.8, 4) is 17.0 Å². The molecule has 0 atom stereocenters. The van der Waals surface area contributed by atoms with Gasteiger partial charge in [0.25, 0.3) is 5.91 Å². The highest BCUT2D eigenvalue weighted by Gasteiger charge is 2.45. The number of hydrogen-bond donors (Lipinski definition) is 2. The van der Waals surface area contributed by atoms with E-state index in [1.807, 2.05) is 24.3 Å². The number of carbonyl (C=O) groups excluding carboxylic acids is 2. The summed E-state index contributed by atoms with van der Waals surface area (Å²) in [5, 5.41) is 13.9. The summed E-state index contributed by atoms with van der Waals surface area (Å²) in [4.78, 5) is 39.1. The fourth-order valence-electron chi connectivity index (χ4n) is 7.40. The topological polar surface area (TPSA) is 97.6 Å². The molecule has 2 heterocycles. The molecule has 0 bridgehead atoms. The molecule has 0 unspecified atom stereocenters. The number of ketones is 1. The molecule has 0 spiro atoms. The van der Waals surface area contributed by atoms with E-state index in [0.29, 0.717) is 43.0 Å². The number of carboxylic acid groups (broad SMARTS) is 1. The molecule has 7 rings (SSSR count). The molecule has 2 saturated carbocycles. The van der Waals surface area contributed by atoms with Gasteiger partial charge in [0.1, 0.15) is 12.4 Å². The molecule has 2 N–H and O–H groups in total. The predicted molar refractivity (Wildman–Crippen MR) is 165 cm³/mol. The minimum atomic E-state index is -1.06. The number of carboxylic acids is 1. The van der Waals surface area contributed by atoms with E-state index in [4.69, 9.17) is 4.74 Å². The minimum absolute atomic E-state index is 0.0296. The maximum Gasteiger partial charge on any atom is 0.335 e. The Morgan fingerprint density at radius 3 is 2.47 bits per heavy atom. The number of benzene rings is 3. The first-order chi connectivity index (χ1) is 20.9. The summed E-state index contributed by atoms with van der Waals surface area (Å²) in [5.74, 6) is -0.125. The van der Waals surface area contributed by atoms with Crippen LogP contribution in [0.2, 0.25) is 0 Å². The van der Waals surface area contributed by atoms with Crippen LogP contribution in [-0.4, -0.2) is 39.5 Å². The number of aromatic nitrogens is 1. The Morgan fingerprint density at radius 1 is 0.930 bits per heavy atom. The lowest BCUT2D eigenvalue weighted by Gasteiger charge is -2.41. The quantitative estimate of drug-likeness (QED) is 0.249. The molecule has 4 aromatic rings. The van der Waals surface area contributed by atoms with Crippen LogP contribution in [-0.2, 0) is 17.8 Å². The van der Waals surface area contributed by atoms with Crippen molar-refractivity contribution in [2.45, 2.75) is 75.8 Å². The van der Waals surface area contributed by atoms with Gasteiger partial charge in [-0.2, -0.15) is 0 Å². The maximum atomic E-state index is 13.8. The fraction of sp³-hybridized carbons (Fsp3) is 0.361. The molecule has 2 fully saturated rings. The van der Waals surface area contributed by atoms with Gasteiger partial charge in [0, 0.05) is 28.5 Å². The molecule has 0 radical (unpaired) electrons. The molecule has 2 aliphatic carbocycles. The van der Waals surface area contributed by atoms with Crippen LogP contribution >= 0.6 is 0 Å². The highest BCUT2D eigenvalue weighted by Crippen LogP contribution is 2.47. The number of rotatable bonds is 7. The number of aromatic carboxylic acids is 1. The minimum Gasteiger partial charge on any atom is -0.491 e. The zero-order chi connectivity index (χ0) is 29.6. The van der Waals surface area contributed by atoms with E-state index < -0.39 is 11.5 Å². The van der Waals surface area contributed by atoms with Crippen molar-refractivity contribution in [1.82, 2.24) is 9.88 Å². The van der Waals surface area contributed by atoms with Crippen molar-refractivity contribution in [2.24, 2.45) is 0 Å². The summed E-state index contributed by atoms with van der Waals surface area (Å²) in [6.45, 7) is 1.23. The van der Waals surface area contributed by atoms with Crippen LogP contribution in [0.15, 0.2) is 66.7 Å². The molecule has 1 aliphatic heterocycles. The number of amides is 1. The molecule has 220 valence electrons. The monoisotopic (exact) mass is 576 g/mol. The second-order valence-electron chi connectivity index (χ2n) is 12.3.